The van der Waals surface area contributed by atoms with Crippen LogP contribution in [0.15, 0.2) is 48.7 Å². The first-order chi connectivity index (χ1) is 16.6. The summed E-state index contributed by atoms with van der Waals surface area (Å²) in [5.74, 6) is 0.188. The number of halogens is 3. The third-order valence-corrected chi connectivity index (χ3v) is 5.94. The number of fused-ring (bicyclic) bond motifs is 1. The Bertz CT molecular complexity index is 1210. The zero-order valence-electron chi connectivity index (χ0n) is 19.3. The number of aromatic nitrogens is 2. The monoisotopic (exact) mass is 490 g/mol. The Hall–Kier alpha value is -3.73. The number of carbonyl (C=O) groups is 1. The van der Waals surface area contributed by atoms with Gasteiger partial charge >= 0.3 is 6.18 Å². The highest BCUT2D eigenvalue weighted by Gasteiger charge is 2.47. The van der Waals surface area contributed by atoms with Gasteiger partial charge in [0.15, 0.2) is 17.5 Å². The number of hydrogen-bond donors (Lipinski definition) is 3. The highest BCUT2D eigenvalue weighted by atomic mass is 19.4. The predicted octanol–water partition coefficient (Wildman–Crippen LogP) is 4.87. The maximum Gasteiger partial charge on any atom is 0.410 e. The van der Waals surface area contributed by atoms with Gasteiger partial charge in [-0.25, -0.2) is 4.68 Å². The number of alkyl halides is 3. The molecule has 0 saturated carbocycles. The number of methoxy groups -OCH3 is 2. The van der Waals surface area contributed by atoms with E-state index in [0.29, 0.717) is 28.3 Å². The van der Waals surface area contributed by atoms with Crippen LogP contribution in [0.4, 0.5) is 24.7 Å². The van der Waals surface area contributed by atoms with Crippen LogP contribution in [0.5, 0.6) is 11.5 Å². The highest BCUT2D eigenvalue weighted by molar-refractivity contribution is 6.07. The molecule has 3 N–H and O–H groups in total. The van der Waals surface area contributed by atoms with Gasteiger partial charge in [0.2, 0.25) is 0 Å². The van der Waals surface area contributed by atoms with Crippen molar-refractivity contribution in [1.29, 1.82) is 0 Å². The molecule has 1 aliphatic heterocycles. The molecule has 0 saturated heterocycles. The lowest BCUT2D eigenvalue weighted by Crippen LogP contribution is -2.36. The number of nitrogens with one attached hydrogen (secondary N) is 2. The zero-order chi connectivity index (χ0) is 25.3. The van der Waals surface area contributed by atoms with Gasteiger partial charge in [0.1, 0.15) is 11.4 Å². The third-order valence-electron chi connectivity index (χ3n) is 5.94. The van der Waals surface area contributed by atoms with Crippen LogP contribution in [0.1, 0.15) is 53.0 Å². The minimum atomic E-state index is -4.58. The van der Waals surface area contributed by atoms with E-state index in [1.54, 1.807) is 49.4 Å². The lowest BCUT2D eigenvalue weighted by atomic mass is 9.96. The van der Waals surface area contributed by atoms with Crippen LogP contribution in [-0.4, -0.2) is 41.2 Å². The summed E-state index contributed by atoms with van der Waals surface area (Å²) < 4.78 is 53.3. The van der Waals surface area contributed by atoms with E-state index in [1.807, 2.05) is 0 Å². The molecule has 0 fully saturated rings. The third kappa shape index (κ3) is 4.90. The van der Waals surface area contributed by atoms with Gasteiger partial charge in [-0.2, -0.15) is 18.3 Å². The van der Waals surface area contributed by atoms with Crippen molar-refractivity contribution in [1.82, 2.24) is 9.78 Å². The van der Waals surface area contributed by atoms with Gasteiger partial charge in [0.25, 0.3) is 5.91 Å². The normalized spacial score (nSPS) is 18.3. The minimum Gasteiger partial charge on any atom is -0.493 e. The van der Waals surface area contributed by atoms with Crippen LogP contribution < -0.4 is 20.1 Å². The van der Waals surface area contributed by atoms with Crippen LogP contribution in [-0.2, 0) is 0 Å². The fourth-order valence-corrected chi connectivity index (χ4v) is 4.06. The van der Waals surface area contributed by atoms with Crippen LogP contribution >= 0.6 is 0 Å². The SMILES string of the molecule is COc1ccc([C@H]2C[C@@H](C(F)(F)F)n3ncc(C(=O)Nc4ccc(C(C)O)cc4)c3N2)cc1OC. The number of aliphatic hydroxyl groups excluding tert-OH is 1. The number of hydrogen-bond acceptors (Lipinski definition) is 6. The Morgan fingerprint density at radius 1 is 1.17 bits per heavy atom. The van der Waals surface area contributed by atoms with Gasteiger partial charge in [-0.1, -0.05) is 18.2 Å². The van der Waals surface area contributed by atoms with Crippen LogP contribution in [0.3, 0.4) is 0 Å². The molecule has 0 radical (unpaired) electrons. The van der Waals surface area contributed by atoms with E-state index in [2.05, 4.69) is 15.7 Å². The lowest BCUT2D eigenvalue weighted by molar-refractivity contribution is -0.173. The number of anilines is 2. The Kier molecular flexibility index (Phi) is 6.62. The lowest BCUT2D eigenvalue weighted by Gasteiger charge is -2.34. The summed E-state index contributed by atoms with van der Waals surface area (Å²) in [7, 11) is 2.91. The molecule has 8 nitrogen and oxygen atoms in total. The minimum absolute atomic E-state index is 0.0240. The van der Waals surface area contributed by atoms with Crippen molar-refractivity contribution in [3.05, 3.63) is 65.4 Å². The number of amides is 1. The van der Waals surface area contributed by atoms with Gasteiger partial charge in [0, 0.05) is 12.1 Å². The van der Waals surface area contributed by atoms with Crippen molar-refractivity contribution in [3.63, 3.8) is 0 Å². The van der Waals surface area contributed by atoms with Crippen LogP contribution in [0.2, 0.25) is 0 Å². The van der Waals surface area contributed by atoms with E-state index in [1.165, 1.54) is 14.2 Å². The molecule has 35 heavy (non-hydrogen) atoms. The Balaban J connectivity index is 1.66. The summed E-state index contributed by atoms with van der Waals surface area (Å²) in [5.41, 5.74) is 1.62. The quantitative estimate of drug-likeness (QED) is 0.456. The summed E-state index contributed by atoms with van der Waals surface area (Å²) >= 11 is 0. The van der Waals surface area contributed by atoms with Gasteiger partial charge in [-0.3, -0.25) is 4.79 Å². The first kappa shape index (κ1) is 24.4. The molecule has 0 bridgehead atoms. The predicted molar refractivity (Wildman–Crippen MR) is 123 cm³/mol. The van der Waals surface area contributed by atoms with E-state index >= 15 is 0 Å². The van der Waals surface area contributed by atoms with Crippen molar-refractivity contribution in [3.8, 4) is 11.5 Å². The molecule has 11 heteroatoms. The molecular formula is C24H25F3N4O4. The van der Waals surface area contributed by atoms with Crippen molar-refractivity contribution in [2.45, 2.75) is 37.7 Å². The van der Waals surface area contributed by atoms with Crippen LogP contribution in [0, 0.1) is 0 Å². The molecule has 0 aliphatic carbocycles. The topological polar surface area (TPSA) is 97.6 Å². The largest absolute Gasteiger partial charge is 0.493 e. The fraction of sp³-hybridized carbons (Fsp3) is 0.333. The summed E-state index contributed by atoms with van der Waals surface area (Å²) in [6.07, 6.45) is -4.45. The number of ether oxygens (including phenoxy) is 2. The van der Waals surface area contributed by atoms with E-state index in [-0.39, 0.29) is 17.8 Å². The summed E-state index contributed by atoms with van der Waals surface area (Å²) in [4.78, 5) is 13.0. The van der Waals surface area contributed by atoms with E-state index in [4.69, 9.17) is 9.47 Å². The molecule has 186 valence electrons. The smallest absolute Gasteiger partial charge is 0.410 e. The molecule has 3 atom stereocenters. The number of nitrogens with zero attached hydrogens (tertiary/aromatic N) is 2. The summed E-state index contributed by atoms with van der Waals surface area (Å²) in [5, 5.41) is 19.3. The second kappa shape index (κ2) is 9.49. The maximum atomic E-state index is 14.0. The van der Waals surface area contributed by atoms with Gasteiger partial charge in [0.05, 0.1) is 32.6 Å². The average Bonchev–Trinajstić information content (AvgIpc) is 3.26. The summed E-state index contributed by atoms with van der Waals surface area (Å²) in [6.45, 7) is 1.62. The first-order valence-corrected chi connectivity index (χ1v) is 10.8. The second-order valence-electron chi connectivity index (χ2n) is 8.21. The Morgan fingerprint density at radius 3 is 2.46 bits per heavy atom. The van der Waals surface area contributed by atoms with Crippen LogP contribution in [0.25, 0.3) is 0 Å². The molecule has 1 amide bonds. The first-order valence-electron chi connectivity index (χ1n) is 10.8. The van der Waals surface area contributed by atoms with Crippen molar-refractivity contribution >= 4 is 17.4 Å². The molecule has 1 aromatic heterocycles. The van der Waals surface area contributed by atoms with Gasteiger partial charge in [-0.15, -0.1) is 0 Å². The molecule has 2 heterocycles. The molecule has 3 aromatic rings. The molecular weight excluding hydrogens is 465 g/mol. The van der Waals surface area contributed by atoms with Gasteiger partial charge in [-0.05, 0) is 42.3 Å². The van der Waals surface area contributed by atoms with E-state index < -0.39 is 30.3 Å². The number of aliphatic hydroxyl groups is 1. The number of carbonyl (C=O) groups excluding carboxylic acids is 1. The van der Waals surface area contributed by atoms with Crippen molar-refractivity contribution < 1.29 is 32.5 Å². The molecule has 1 unspecified atom stereocenters. The Labute approximate surface area is 199 Å². The fourth-order valence-electron chi connectivity index (χ4n) is 4.06. The van der Waals surface area contributed by atoms with E-state index in [0.717, 1.165) is 10.9 Å². The number of rotatable bonds is 6. The van der Waals surface area contributed by atoms with Crippen molar-refractivity contribution in [2.24, 2.45) is 0 Å². The highest BCUT2D eigenvalue weighted by Crippen LogP contribution is 2.45. The zero-order valence-corrected chi connectivity index (χ0v) is 19.3. The number of benzene rings is 2. The maximum absolute atomic E-state index is 14.0. The Morgan fingerprint density at radius 2 is 1.86 bits per heavy atom. The molecule has 0 spiro atoms. The van der Waals surface area contributed by atoms with E-state index in [9.17, 15) is 23.1 Å². The molecule has 1 aliphatic rings. The standard InChI is InChI=1S/C24H25F3N4O4/c1-13(32)14-4-7-16(8-5-14)29-23(33)17-12-28-31-21(24(25,26)27)11-18(30-22(17)31)15-6-9-19(34-2)20(10-15)35-3/h4-10,12-13,18,21,30,32H,11H2,1-3H3,(H,29,33)/t13?,18-,21+/m1/s1. The molecule has 4 rings (SSSR count). The molecule has 2 aromatic carbocycles. The summed E-state index contributed by atoms with van der Waals surface area (Å²) in [6, 6.07) is 8.71. The van der Waals surface area contributed by atoms with Gasteiger partial charge < -0.3 is 25.2 Å². The van der Waals surface area contributed by atoms with Crippen molar-refractivity contribution in [2.75, 3.05) is 24.9 Å². The average molecular weight is 490 g/mol. The second-order valence-corrected chi connectivity index (χ2v) is 8.21.